The smallest absolute Gasteiger partial charge is 0.326 e. The number of carbonyl (C=O) groups excluding carboxylic acids is 2. The quantitative estimate of drug-likeness (QED) is 0.823. The van der Waals surface area contributed by atoms with E-state index in [0.717, 1.165) is 12.8 Å². The molecule has 2 amide bonds. The van der Waals surface area contributed by atoms with Gasteiger partial charge in [0.15, 0.2) is 0 Å². The molecule has 0 aliphatic carbocycles. The number of carbonyl (C=O) groups is 3. The van der Waals surface area contributed by atoms with Gasteiger partial charge in [-0.15, -0.1) is 0 Å². The van der Waals surface area contributed by atoms with Crippen molar-refractivity contribution in [2.75, 3.05) is 19.6 Å². The highest BCUT2D eigenvalue weighted by Gasteiger charge is 2.40. The maximum Gasteiger partial charge on any atom is 0.326 e. The molecule has 1 N–H and O–H groups in total. The van der Waals surface area contributed by atoms with E-state index in [1.54, 1.807) is 9.80 Å². The largest absolute Gasteiger partial charge is 0.480 e. The molecule has 0 bridgehead atoms. The van der Waals surface area contributed by atoms with E-state index < -0.39 is 12.0 Å². The molecule has 118 valence electrons. The topological polar surface area (TPSA) is 77.9 Å². The summed E-state index contributed by atoms with van der Waals surface area (Å²) in [5.41, 5.74) is 0. The molecule has 2 saturated heterocycles. The van der Waals surface area contributed by atoms with Crippen molar-refractivity contribution in [3.8, 4) is 0 Å². The van der Waals surface area contributed by atoms with Gasteiger partial charge in [-0.2, -0.15) is 0 Å². The lowest BCUT2D eigenvalue weighted by molar-refractivity contribution is -0.157. The Morgan fingerprint density at radius 2 is 1.67 bits per heavy atom. The van der Waals surface area contributed by atoms with E-state index in [0.29, 0.717) is 32.5 Å². The number of hydrogen-bond donors (Lipinski definition) is 1. The standard InChI is InChI=1S/C15H24N2O4/c1-10-4-3-7-17(13(10)15(20)21)14(19)12-5-8-16(9-6-12)11(2)18/h10,12-13H,3-9H2,1-2H3,(H,20,21). The Bertz CT molecular complexity index is 429. The summed E-state index contributed by atoms with van der Waals surface area (Å²) in [5, 5.41) is 9.39. The van der Waals surface area contributed by atoms with Crippen LogP contribution in [0.15, 0.2) is 0 Å². The highest BCUT2D eigenvalue weighted by molar-refractivity contribution is 5.85. The highest BCUT2D eigenvalue weighted by atomic mass is 16.4. The molecular formula is C15H24N2O4. The van der Waals surface area contributed by atoms with Crippen LogP contribution >= 0.6 is 0 Å². The van der Waals surface area contributed by atoms with E-state index in [2.05, 4.69) is 0 Å². The third-order valence-electron chi connectivity index (χ3n) is 4.76. The fraction of sp³-hybridized carbons (Fsp3) is 0.800. The van der Waals surface area contributed by atoms with Gasteiger partial charge in [0.2, 0.25) is 11.8 Å². The lowest BCUT2D eigenvalue weighted by atomic mass is 9.88. The second-order valence-electron chi connectivity index (χ2n) is 6.21. The Hall–Kier alpha value is -1.59. The fourth-order valence-electron chi connectivity index (χ4n) is 3.49. The van der Waals surface area contributed by atoms with Crippen molar-refractivity contribution in [1.29, 1.82) is 0 Å². The molecule has 0 spiro atoms. The van der Waals surface area contributed by atoms with Gasteiger partial charge in [0.25, 0.3) is 0 Å². The van der Waals surface area contributed by atoms with Crippen LogP contribution in [0.1, 0.15) is 39.5 Å². The van der Waals surface area contributed by atoms with Crippen LogP contribution in [0.2, 0.25) is 0 Å². The number of likely N-dealkylation sites (tertiary alicyclic amines) is 2. The SMILES string of the molecule is CC(=O)N1CCC(C(=O)N2CCCC(C)C2C(=O)O)CC1. The predicted octanol–water partition coefficient (Wildman–Crippen LogP) is 0.957. The van der Waals surface area contributed by atoms with Crippen molar-refractivity contribution in [2.45, 2.75) is 45.6 Å². The minimum Gasteiger partial charge on any atom is -0.480 e. The maximum atomic E-state index is 12.6. The average Bonchev–Trinajstić information content (AvgIpc) is 2.46. The molecule has 2 heterocycles. The Labute approximate surface area is 125 Å². The van der Waals surface area contributed by atoms with Gasteiger partial charge in [-0.25, -0.2) is 4.79 Å². The molecular weight excluding hydrogens is 272 g/mol. The van der Waals surface area contributed by atoms with Gasteiger partial charge >= 0.3 is 5.97 Å². The Kier molecular flexibility index (Phi) is 4.85. The number of nitrogens with zero attached hydrogens (tertiary/aromatic N) is 2. The summed E-state index contributed by atoms with van der Waals surface area (Å²) in [4.78, 5) is 38.7. The first kappa shape index (κ1) is 15.8. The molecule has 2 atom stereocenters. The number of carboxylic acid groups (broad SMARTS) is 1. The third-order valence-corrected chi connectivity index (χ3v) is 4.76. The summed E-state index contributed by atoms with van der Waals surface area (Å²) in [6, 6.07) is -0.697. The summed E-state index contributed by atoms with van der Waals surface area (Å²) in [6.45, 7) is 5.15. The summed E-state index contributed by atoms with van der Waals surface area (Å²) in [5.74, 6) is -1.06. The van der Waals surface area contributed by atoms with Gasteiger partial charge in [0.05, 0.1) is 0 Å². The zero-order valence-corrected chi connectivity index (χ0v) is 12.7. The third kappa shape index (κ3) is 3.36. The summed E-state index contributed by atoms with van der Waals surface area (Å²) in [7, 11) is 0. The first-order chi connectivity index (χ1) is 9.91. The lowest BCUT2D eigenvalue weighted by Crippen LogP contribution is -2.54. The Morgan fingerprint density at radius 1 is 1.05 bits per heavy atom. The first-order valence-corrected chi connectivity index (χ1v) is 7.70. The summed E-state index contributed by atoms with van der Waals surface area (Å²) in [6.07, 6.45) is 2.98. The van der Waals surface area contributed by atoms with Crippen LogP contribution in [0.3, 0.4) is 0 Å². The second-order valence-corrected chi connectivity index (χ2v) is 6.21. The van der Waals surface area contributed by atoms with Crippen molar-refractivity contribution in [2.24, 2.45) is 11.8 Å². The van der Waals surface area contributed by atoms with Crippen LogP contribution in [0, 0.1) is 11.8 Å². The van der Waals surface area contributed by atoms with Crippen molar-refractivity contribution >= 4 is 17.8 Å². The molecule has 2 rings (SSSR count). The number of rotatable bonds is 2. The number of carboxylic acids is 1. The van der Waals surface area contributed by atoms with Crippen LogP contribution in [0.5, 0.6) is 0 Å². The monoisotopic (exact) mass is 296 g/mol. The van der Waals surface area contributed by atoms with E-state index in [1.165, 1.54) is 6.92 Å². The van der Waals surface area contributed by atoms with Gasteiger partial charge in [0, 0.05) is 32.5 Å². The molecule has 2 unspecified atom stereocenters. The second kappa shape index (κ2) is 6.45. The predicted molar refractivity (Wildman–Crippen MR) is 76.5 cm³/mol. The van der Waals surface area contributed by atoms with Crippen LogP contribution in [0.4, 0.5) is 0 Å². The van der Waals surface area contributed by atoms with Crippen molar-refractivity contribution in [3.05, 3.63) is 0 Å². The molecule has 21 heavy (non-hydrogen) atoms. The molecule has 6 nitrogen and oxygen atoms in total. The van der Waals surface area contributed by atoms with Crippen molar-refractivity contribution in [1.82, 2.24) is 9.80 Å². The molecule has 0 saturated carbocycles. The number of amides is 2. The van der Waals surface area contributed by atoms with E-state index in [-0.39, 0.29) is 23.7 Å². The van der Waals surface area contributed by atoms with Gasteiger partial charge in [-0.3, -0.25) is 9.59 Å². The highest BCUT2D eigenvalue weighted by Crippen LogP contribution is 2.28. The normalized spacial score (nSPS) is 27.5. The van der Waals surface area contributed by atoms with Crippen LogP contribution in [0.25, 0.3) is 0 Å². The summed E-state index contributed by atoms with van der Waals surface area (Å²) < 4.78 is 0. The zero-order chi connectivity index (χ0) is 15.6. The van der Waals surface area contributed by atoms with Crippen molar-refractivity contribution in [3.63, 3.8) is 0 Å². The minimum atomic E-state index is -0.906. The first-order valence-electron chi connectivity index (χ1n) is 7.70. The van der Waals surface area contributed by atoms with Gasteiger partial charge in [-0.05, 0) is 31.6 Å². The number of hydrogen-bond acceptors (Lipinski definition) is 3. The van der Waals surface area contributed by atoms with Crippen LogP contribution in [-0.2, 0) is 14.4 Å². The molecule has 2 aliphatic heterocycles. The zero-order valence-electron chi connectivity index (χ0n) is 12.7. The molecule has 2 aliphatic rings. The van der Waals surface area contributed by atoms with E-state index in [9.17, 15) is 19.5 Å². The van der Waals surface area contributed by atoms with Gasteiger partial charge in [0.1, 0.15) is 6.04 Å². The average molecular weight is 296 g/mol. The number of piperidine rings is 2. The Balaban J connectivity index is 2.02. The van der Waals surface area contributed by atoms with E-state index in [4.69, 9.17) is 0 Å². The lowest BCUT2D eigenvalue weighted by Gasteiger charge is -2.40. The maximum absolute atomic E-state index is 12.6. The molecule has 0 aromatic rings. The van der Waals surface area contributed by atoms with E-state index in [1.807, 2.05) is 6.92 Å². The molecule has 2 fully saturated rings. The number of aliphatic carboxylic acids is 1. The minimum absolute atomic E-state index is 0.00231. The van der Waals surface area contributed by atoms with Crippen LogP contribution < -0.4 is 0 Å². The van der Waals surface area contributed by atoms with Gasteiger partial charge in [-0.1, -0.05) is 6.92 Å². The van der Waals surface area contributed by atoms with Crippen LogP contribution in [-0.4, -0.2) is 58.4 Å². The van der Waals surface area contributed by atoms with E-state index >= 15 is 0 Å². The van der Waals surface area contributed by atoms with Gasteiger partial charge < -0.3 is 14.9 Å². The molecule has 6 heteroatoms. The molecule has 0 aromatic heterocycles. The summed E-state index contributed by atoms with van der Waals surface area (Å²) >= 11 is 0. The van der Waals surface area contributed by atoms with Crippen molar-refractivity contribution < 1.29 is 19.5 Å². The molecule has 0 aromatic carbocycles. The Morgan fingerprint density at radius 3 is 2.19 bits per heavy atom. The molecule has 0 radical (unpaired) electrons. The fourth-order valence-corrected chi connectivity index (χ4v) is 3.49.